The third-order valence-electron chi connectivity index (χ3n) is 4.42. The summed E-state index contributed by atoms with van der Waals surface area (Å²) in [6.07, 6.45) is 0. The maximum atomic E-state index is 12.7. The van der Waals surface area contributed by atoms with Crippen LogP contribution in [0.1, 0.15) is 21.7 Å². The molecule has 0 bridgehead atoms. The van der Waals surface area contributed by atoms with Gasteiger partial charge in [0.05, 0.1) is 0 Å². The molecule has 0 unspecified atom stereocenters. The second-order valence-electron chi connectivity index (χ2n) is 6.66. The van der Waals surface area contributed by atoms with E-state index in [0.29, 0.717) is 11.5 Å². The number of benzene rings is 3. The largest absolute Gasteiger partial charge is 0.324 e. The third kappa shape index (κ3) is 3.83. The molecule has 0 fully saturated rings. The third-order valence-corrected chi connectivity index (χ3v) is 4.42. The minimum Gasteiger partial charge on any atom is -0.324 e. The Kier molecular flexibility index (Phi) is 4.72. The van der Waals surface area contributed by atoms with E-state index in [4.69, 9.17) is 0 Å². The number of carbonyl (C=O) groups excluding carboxylic acids is 1. The Morgan fingerprint density at radius 3 is 2.18 bits per heavy atom. The number of hydrogen-bond donors (Lipinski definition) is 2. The fourth-order valence-electron chi connectivity index (χ4n) is 3.17. The molecule has 1 amide bonds. The van der Waals surface area contributed by atoms with Crippen LogP contribution in [0.2, 0.25) is 0 Å². The molecule has 4 aromatic rings. The van der Waals surface area contributed by atoms with Gasteiger partial charge in [0.1, 0.15) is 0 Å². The van der Waals surface area contributed by atoms with Crippen molar-refractivity contribution in [3.63, 3.8) is 0 Å². The van der Waals surface area contributed by atoms with Gasteiger partial charge in [-0.1, -0.05) is 36.4 Å². The van der Waals surface area contributed by atoms with Crippen molar-refractivity contribution in [3.05, 3.63) is 89.7 Å². The van der Waals surface area contributed by atoms with Crippen LogP contribution in [-0.4, -0.2) is 15.9 Å². The SMILES string of the molecule is Cc1cc(C)nc(Nc2ccc(NC(=O)c3cccc4ccccc34)cc2)n1. The highest BCUT2D eigenvalue weighted by molar-refractivity contribution is 6.12. The van der Waals surface area contributed by atoms with Gasteiger partial charge < -0.3 is 10.6 Å². The molecule has 138 valence electrons. The summed E-state index contributed by atoms with van der Waals surface area (Å²) < 4.78 is 0. The highest BCUT2D eigenvalue weighted by Gasteiger charge is 2.10. The van der Waals surface area contributed by atoms with Crippen LogP contribution in [-0.2, 0) is 0 Å². The number of nitrogens with one attached hydrogen (secondary N) is 2. The molecule has 5 heteroatoms. The molecule has 4 rings (SSSR count). The molecule has 0 aliphatic rings. The summed E-state index contributed by atoms with van der Waals surface area (Å²) in [7, 11) is 0. The highest BCUT2D eigenvalue weighted by Crippen LogP contribution is 2.21. The van der Waals surface area contributed by atoms with E-state index in [2.05, 4.69) is 20.6 Å². The maximum Gasteiger partial charge on any atom is 0.256 e. The quantitative estimate of drug-likeness (QED) is 0.517. The van der Waals surface area contributed by atoms with E-state index in [9.17, 15) is 4.79 Å². The molecule has 1 aromatic heterocycles. The molecule has 0 atom stereocenters. The van der Waals surface area contributed by atoms with Gasteiger partial charge in [-0.25, -0.2) is 9.97 Å². The van der Waals surface area contributed by atoms with E-state index < -0.39 is 0 Å². The Bertz CT molecular complexity index is 1130. The smallest absolute Gasteiger partial charge is 0.256 e. The minimum absolute atomic E-state index is 0.129. The molecule has 0 aliphatic carbocycles. The molecule has 2 N–H and O–H groups in total. The van der Waals surface area contributed by atoms with Crippen molar-refractivity contribution in [1.82, 2.24) is 9.97 Å². The summed E-state index contributed by atoms with van der Waals surface area (Å²) in [5.74, 6) is 0.431. The van der Waals surface area contributed by atoms with Crippen LogP contribution in [0, 0.1) is 13.8 Å². The number of fused-ring (bicyclic) bond motifs is 1. The summed E-state index contributed by atoms with van der Waals surface area (Å²) in [5, 5.41) is 8.13. The van der Waals surface area contributed by atoms with E-state index in [1.165, 1.54) is 0 Å². The Morgan fingerprint density at radius 1 is 0.786 bits per heavy atom. The number of aromatic nitrogens is 2. The van der Waals surface area contributed by atoms with E-state index in [0.717, 1.165) is 33.5 Å². The van der Waals surface area contributed by atoms with Crippen LogP contribution in [0.4, 0.5) is 17.3 Å². The zero-order chi connectivity index (χ0) is 19.5. The second-order valence-corrected chi connectivity index (χ2v) is 6.66. The van der Waals surface area contributed by atoms with Crippen molar-refractivity contribution in [2.75, 3.05) is 10.6 Å². The van der Waals surface area contributed by atoms with Crippen molar-refractivity contribution >= 4 is 34.0 Å². The topological polar surface area (TPSA) is 66.9 Å². The number of aryl methyl sites for hydroxylation is 2. The Balaban J connectivity index is 1.50. The van der Waals surface area contributed by atoms with E-state index >= 15 is 0 Å². The van der Waals surface area contributed by atoms with Gasteiger partial charge in [-0.15, -0.1) is 0 Å². The van der Waals surface area contributed by atoms with Gasteiger partial charge in [0, 0.05) is 28.3 Å². The molecule has 0 radical (unpaired) electrons. The lowest BCUT2D eigenvalue weighted by Crippen LogP contribution is -2.12. The lowest BCUT2D eigenvalue weighted by Gasteiger charge is -2.10. The van der Waals surface area contributed by atoms with Crippen LogP contribution in [0.15, 0.2) is 72.8 Å². The Hall–Kier alpha value is -3.73. The Labute approximate surface area is 163 Å². The molecule has 0 aliphatic heterocycles. The number of hydrogen-bond acceptors (Lipinski definition) is 4. The average molecular weight is 368 g/mol. The van der Waals surface area contributed by atoms with Gasteiger partial charge in [0.25, 0.3) is 5.91 Å². The first kappa shape index (κ1) is 17.7. The van der Waals surface area contributed by atoms with Crippen molar-refractivity contribution in [2.45, 2.75) is 13.8 Å². The van der Waals surface area contributed by atoms with E-state index in [1.54, 1.807) is 0 Å². The lowest BCUT2D eigenvalue weighted by atomic mass is 10.0. The van der Waals surface area contributed by atoms with Gasteiger partial charge in [-0.3, -0.25) is 4.79 Å². The van der Waals surface area contributed by atoms with E-state index in [1.807, 2.05) is 86.6 Å². The molecule has 0 spiro atoms. The average Bonchev–Trinajstić information content (AvgIpc) is 2.68. The van der Waals surface area contributed by atoms with Crippen LogP contribution in [0.25, 0.3) is 10.8 Å². The fraction of sp³-hybridized carbons (Fsp3) is 0.0870. The maximum absolute atomic E-state index is 12.7. The van der Waals surface area contributed by atoms with Crippen LogP contribution >= 0.6 is 0 Å². The van der Waals surface area contributed by atoms with Crippen molar-refractivity contribution in [1.29, 1.82) is 0 Å². The lowest BCUT2D eigenvalue weighted by molar-refractivity contribution is 0.102. The van der Waals surface area contributed by atoms with Crippen molar-refractivity contribution in [3.8, 4) is 0 Å². The number of nitrogens with zero attached hydrogens (tertiary/aromatic N) is 2. The number of rotatable bonds is 4. The molecule has 1 heterocycles. The van der Waals surface area contributed by atoms with Gasteiger partial charge >= 0.3 is 0 Å². The molecular weight excluding hydrogens is 348 g/mol. The van der Waals surface area contributed by atoms with Crippen molar-refractivity contribution in [2.24, 2.45) is 0 Å². The summed E-state index contributed by atoms with van der Waals surface area (Å²) in [6.45, 7) is 3.87. The second kappa shape index (κ2) is 7.48. The van der Waals surface area contributed by atoms with Gasteiger partial charge in [-0.05, 0) is 61.0 Å². The number of carbonyl (C=O) groups is 1. The monoisotopic (exact) mass is 368 g/mol. The predicted octanol–water partition coefficient (Wildman–Crippen LogP) is 5.24. The first-order chi connectivity index (χ1) is 13.6. The summed E-state index contributed by atoms with van der Waals surface area (Å²) in [4.78, 5) is 21.5. The van der Waals surface area contributed by atoms with Gasteiger partial charge in [-0.2, -0.15) is 0 Å². The van der Waals surface area contributed by atoms with Crippen LogP contribution in [0.3, 0.4) is 0 Å². The zero-order valence-corrected chi connectivity index (χ0v) is 15.7. The Morgan fingerprint density at radius 2 is 1.43 bits per heavy atom. The summed E-state index contributed by atoms with van der Waals surface area (Å²) >= 11 is 0. The highest BCUT2D eigenvalue weighted by atomic mass is 16.1. The minimum atomic E-state index is -0.129. The molecule has 0 saturated carbocycles. The van der Waals surface area contributed by atoms with Crippen LogP contribution < -0.4 is 10.6 Å². The zero-order valence-electron chi connectivity index (χ0n) is 15.7. The first-order valence-corrected chi connectivity index (χ1v) is 9.07. The molecular formula is C23H20N4O. The molecule has 5 nitrogen and oxygen atoms in total. The molecule has 0 saturated heterocycles. The van der Waals surface area contributed by atoms with Crippen LogP contribution in [0.5, 0.6) is 0 Å². The standard InChI is InChI=1S/C23H20N4O/c1-15-14-16(2)25-23(24-15)27-19-12-10-18(11-13-19)26-22(28)21-9-5-7-17-6-3-4-8-20(17)21/h3-14H,1-2H3,(H,26,28)(H,24,25,27). The number of anilines is 3. The number of amides is 1. The normalized spacial score (nSPS) is 10.6. The first-order valence-electron chi connectivity index (χ1n) is 9.07. The summed E-state index contributed by atoms with van der Waals surface area (Å²) in [5.41, 5.74) is 4.06. The molecule has 28 heavy (non-hydrogen) atoms. The van der Waals surface area contributed by atoms with Crippen molar-refractivity contribution < 1.29 is 4.79 Å². The predicted molar refractivity (Wildman–Crippen MR) is 113 cm³/mol. The van der Waals surface area contributed by atoms with Gasteiger partial charge in [0.15, 0.2) is 0 Å². The summed E-state index contributed by atoms with van der Waals surface area (Å²) in [6, 6.07) is 23.0. The van der Waals surface area contributed by atoms with E-state index in [-0.39, 0.29) is 5.91 Å². The molecule has 3 aromatic carbocycles. The van der Waals surface area contributed by atoms with Gasteiger partial charge in [0.2, 0.25) is 5.95 Å². The fourth-order valence-corrected chi connectivity index (χ4v) is 3.17.